The fraction of sp³-hybridized carbons (Fsp3) is 0.294. The first-order valence-corrected chi connectivity index (χ1v) is 7.44. The van der Waals surface area contributed by atoms with Gasteiger partial charge in [0.25, 0.3) is 0 Å². The van der Waals surface area contributed by atoms with Gasteiger partial charge in [-0.15, -0.1) is 0 Å². The van der Waals surface area contributed by atoms with Gasteiger partial charge in [-0.05, 0) is 34.7 Å². The molecule has 0 radical (unpaired) electrons. The highest BCUT2D eigenvalue weighted by Gasteiger charge is 2.12. The molecule has 0 unspecified atom stereocenters. The van der Waals surface area contributed by atoms with Gasteiger partial charge in [-0.25, -0.2) is 4.39 Å². The normalized spacial score (nSPS) is 11.4. The smallest absolute Gasteiger partial charge is 0.147 e. The molecule has 3 heteroatoms. The number of benzene rings is 2. The van der Waals surface area contributed by atoms with E-state index in [2.05, 4.69) is 66.3 Å². The minimum absolute atomic E-state index is 0.157. The van der Waals surface area contributed by atoms with Crippen LogP contribution in [0.15, 0.2) is 46.9 Å². The zero-order valence-electron chi connectivity index (χ0n) is 12.0. The van der Waals surface area contributed by atoms with Crippen molar-refractivity contribution in [1.29, 1.82) is 0 Å². The molecule has 0 aliphatic heterocycles. The monoisotopic (exact) mass is 335 g/mol. The molecule has 1 nitrogen and oxygen atoms in total. The number of halogens is 2. The standard InChI is InChI=1S/C17H19BrFN/c1-17(2,3)13-6-4-12(5-7-13)11-20-16-9-8-14(18)10-15(16)19/h4-10,20H,11H2,1-3H3. The molecular formula is C17H19BrFN. The Labute approximate surface area is 128 Å². The third kappa shape index (κ3) is 3.83. The van der Waals surface area contributed by atoms with Gasteiger partial charge in [0.1, 0.15) is 5.82 Å². The van der Waals surface area contributed by atoms with Crippen molar-refractivity contribution >= 4 is 21.6 Å². The van der Waals surface area contributed by atoms with Crippen molar-refractivity contribution in [1.82, 2.24) is 0 Å². The SMILES string of the molecule is CC(C)(C)c1ccc(CNc2ccc(Br)cc2F)cc1. The van der Waals surface area contributed by atoms with Crippen LogP contribution in [0, 0.1) is 5.82 Å². The van der Waals surface area contributed by atoms with Crippen LogP contribution in [-0.2, 0) is 12.0 Å². The lowest BCUT2D eigenvalue weighted by Crippen LogP contribution is -2.11. The van der Waals surface area contributed by atoms with Gasteiger partial charge in [0.2, 0.25) is 0 Å². The Hall–Kier alpha value is -1.35. The maximum Gasteiger partial charge on any atom is 0.147 e. The molecular weight excluding hydrogens is 317 g/mol. The van der Waals surface area contributed by atoms with E-state index in [4.69, 9.17) is 0 Å². The van der Waals surface area contributed by atoms with Crippen molar-refractivity contribution < 1.29 is 4.39 Å². The summed E-state index contributed by atoms with van der Waals surface area (Å²) >= 11 is 3.25. The summed E-state index contributed by atoms with van der Waals surface area (Å²) in [4.78, 5) is 0. The van der Waals surface area contributed by atoms with E-state index in [1.807, 2.05) is 6.07 Å². The Morgan fingerprint density at radius 3 is 2.25 bits per heavy atom. The third-order valence-electron chi connectivity index (χ3n) is 3.23. The molecule has 1 N–H and O–H groups in total. The molecule has 2 rings (SSSR count). The summed E-state index contributed by atoms with van der Waals surface area (Å²) in [7, 11) is 0. The Bertz CT molecular complexity index is 585. The average Bonchev–Trinajstić information content (AvgIpc) is 2.37. The van der Waals surface area contributed by atoms with Crippen molar-refractivity contribution in [3.05, 3.63) is 63.9 Å². The van der Waals surface area contributed by atoms with Gasteiger partial charge in [-0.3, -0.25) is 0 Å². The molecule has 0 aromatic heterocycles. The van der Waals surface area contributed by atoms with E-state index in [9.17, 15) is 4.39 Å². The molecule has 0 heterocycles. The number of hydrogen-bond donors (Lipinski definition) is 1. The predicted molar refractivity (Wildman–Crippen MR) is 86.6 cm³/mol. The average molecular weight is 336 g/mol. The van der Waals surface area contributed by atoms with Crippen LogP contribution in [0.25, 0.3) is 0 Å². The summed E-state index contributed by atoms with van der Waals surface area (Å²) in [6.45, 7) is 7.19. The van der Waals surface area contributed by atoms with Crippen molar-refractivity contribution in [2.75, 3.05) is 5.32 Å². The molecule has 0 aliphatic rings. The van der Waals surface area contributed by atoms with Gasteiger partial charge >= 0.3 is 0 Å². The molecule has 2 aromatic rings. The molecule has 0 amide bonds. The molecule has 0 bridgehead atoms. The maximum absolute atomic E-state index is 13.7. The van der Waals surface area contributed by atoms with Crippen molar-refractivity contribution in [3.8, 4) is 0 Å². The first kappa shape index (κ1) is 15.0. The van der Waals surface area contributed by atoms with E-state index in [0.29, 0.717) is 12.2 Å². The zero-order valence-corrected chi connectivity index (χ0v) is 13.6. The van der Waals surface area contributed by atoms with Crippen LogP contribution in [-0.4, -0.2) is 0 Å². The maximum atomic E-state index is 13.7. The van der Waals surface area contributed by atoms with Crippen molar-refractivity contribution in [2.45, 2.75) is 32.7 Å². The Morgan fingerprint density at radius 2 is 1.70 bits per heavy atom. The Balaban J connectivity index is 2.04. The lowest BCUT2D eigenvalue weighted by atomic mass is 9.87. The lowest BCUT2D eigenvalue weighted by Gasteiger charge is -2.19. The van der Waals surface area contributed by atoms with Crippen molar-refractivity contribution in [2.24, 2.45) is 0 Å². The molecule has 0 saturated heterocycles. The Morgan fingerprint density at radius 1 is 1.05 bits per heavy atom. The number of nitrogens with one attached hydrogen (secondary N) is 1. The quantitative estimate of drug-likeness (QED) is 0.781. The molecule has 20 heavy (non-hydrogen) atoms. The lowest BCUT2D eigenvalue weighted by molar-refractivity contribution is 0.590. The predicted octanol–water partition coefficient (Wildman–Crippen LogP) is 5.50. The highest BCUT2D eigenvalue weighted by molar-refractivity contribution is 9.10. The largest absolute Gasteiger partial charge is 0.379 e. The Kier molecular flexibility index (Phi) is 4.48. The van der Waals surface area contributed by atoms with E-state index in [1.165, 1.54) is 11.6 Å². The summed E-state index contributed by atoms with van der Waals surface area (Å²) in [5.41, 5.74) is 3.12. The van der Waals surface area contributed by atoms with Gasteiger partial charge in [-0.1, -0.05) is 61.0 Å². The van der Waals surface area contributed by atoms with Gasteiger partial charge < -0.3 is 5.32 Å². The van der Waals surface area contributed by atoms with Crippen LogP contribution in [0.3, 0.4) is 0 Å². The van der Waals surface area contributed by atoms with E-state index in [0.717, 1.165) is 10.0 Å². The molecule has 0 atom stereocenters. The van der Waals surface area contributed by atoms with Crippen LogP contribution in [0.4, 0.5) is 10.1 Å². The minimum Gasteiger partial charge on any atom is -0.379 e. The van der Waals surface area contributed by atoms with E-state index in [1.54, 1.807) is 6.07 Å². The molecule has 0 fully saturated rings. The summed E-state index contributed by atoms with van der Waals surface area (Å²) < 4.78 is 14.4. The van der Waals surface area contributed by atoms with Crippen LogP contribution in [0.2, 0.25) is 0 Å². The number of rotatable bonds is 3. The molecule has 106 valence electrons. The number of hydrogen-bond acceptors (Lipinski definition) is 1. The van der Waals surface area contributed by atoms with Gasteiger partial charge in [-0.2, -0.15) is 0 Å². The summed E-state index contributed by atoms with van der Waals surface area (Å²) in [6, 6.07) is 13.5. The summed E-state index contributed by atoms with van der Waals surface area (Å²) in [5, 5.41) is 3.12. The second kappa shape index (κ2) is 5.96. The van der Waals surface area contributed by atoms with Crippen LogP contribution >= 0.6 is 15.9 Å². The topological polar surface area (TPSA) is 12.0 Å². The van der Waals surface area contributed by atoms with Crippen LogP contribution in [0.1, 0.15) is 31.9 Å². The van der Waals surface area contributed by atoms with Crippen LogP contribution < -0.4 is 5.32 Å². The minimum atomic E-state index is -0.245. The second-order valence-corrected chi connectivity index (χ2v) is 6.84. The molecule has 0 saturated carbocycles. The second-order valence-electron chi connectivity index (χ2n) is 5.92. The first-order valence-electron chi connectivity index (χ1n) is 6.64. The third-order valence-corrected chi connectivity index (χ3v) is 3.73. The van der Waals surface area contributed by atoms with E-state index in [-0.39, 0.29) is 11.2 Å². The molecule has 0 spiro atoms. The van der Waals surface area contributed by atoms with Crippen molar-refractivity contribution in [3.63, 3.8) is 0 Å². The van der Waals surface area contributed by atoms with E-state index >= 15 is 0 Å². The fourth-order valence-electron chi connectivity index (χ4n) is 1.95. The highest BCUT2D eigenvalue weighted by atomic mass is 79.9. The highest BCUT2D eigenvalue weighted by Crippen LogP contribution is 2.23. The summed E-state index contributed by atoms with van der Waals surface area (Å²) in [6.07, 6.45) is 0. The molecule has 0 aliphatic carbocycles. The molecule has 2 aromatic carbocycles. The van der Waals surface area contributed by atoms with Gasteiger partial charge in [0.05, 0.1) is 5.69 Å². The number of anilines is 1. The van der Waals surface area contributed by atoms with Gasteiger partial charge in [0.15, 0.2) is 0 Å². The van der Waals surface area contributed by atoms with Crippen LogP contribution in [0.5, 0.6) is 0 Å². The fourth-order valence-corrected chi connectivity index (χ4v) is 2.29. The zero-order chi connectivity index (χ0) is 14.8. The van der Waals surface area contributed by atoms with Gasteiger partial charge in [0, 0.05) is 11.0 Å². The van der Waals surface area contributed by atoms with E-state index < -0.39 is 0 Å². The summed E-state index contributed by atoms with van der Waals surface area (Å²) in [5.74, 6) is -0.245. The first-order chi connectivity index (χ1) is 9.36.